The molecule has 0 saturated carbocycles. The number of hydrogen-bond acceptors (Lipinski definition) is 6. The summed E-state index contributed by atoms with van der Waals surface area (Å²) >= 11 is 0. The highest BCUT2D eigenvalue weighted by Gasteiger charge is 2.11. The van der Waals surface area contributed by atoms with Crippen LogP contribution in [0.2, 0.25) is 0 Å². The zero-order valence-corrected chi connectivity index (χ0v) is 11.6. The zero-order chi connectivity index (χ0) is 14.3. The van der Waals surface area contributed by atoms with Crippen LogP contribution in [0, 0.1) is 5.92 Å². The first-order chi connectivity index (χ1) is 9.00. The molecule has 0 aliphatic heterocycles. The summed E-state index contributed by atoms with van der Waals surface area (Å²) in [4.78, 5) is 14.1. The molecule has 0 aliphatic rings. The predicted molar refractivity (Wildman–Crippen MR) is 71.5 cm³/mol. The van der Waals surface area contributed by atoms with Gasteiger partial charge in [0.2, 0.25) is 11.7 Å². The number of oxime groups is 2. The molecule has 1 aromatic heterocycles. The minimum absolute atomic E-state index is 0.0757. The lowest BCUT2D eigenvalue weighted by molar-refractivity contribution is 0.0852. The Kier molecular flexibility index (Phi) is 5.77. The maximum Gasteiger partial charge on any atom is 0.240 e. The third kappa shape index (κ3) is 5.36. The lowest BCUT2D eigenvalue weighted by Crippen LogP contribution is -2.31. The predicted octanol–water partition coefficient (Wildman–Crippen LogP) is 0.809. The van der Waals surface area contributed by atoms with Crippen molar-refractivity contribution in [3.05, 3.63) is 12.7 Å². The third-order valence-corrected chi connectivity index (χ3v) is 1.79. The Morgan fingerprint density at radius 3 is 2.58 bits per heavy atom. The fourth-order valence-electron chi connectivity index (χ4n) is 0.976. The van der Waals surface area contributed by atoms with Gasteiger partial charge >= 0.3 is 0 Å². The van der Waals surface area contributed by atoms with E-state index in [2.05, 4.69) is 20.4 Å². The standard InChI is InChI=1S/C11H20N6O2/c1-8(2)5-18-15-10(12)11(16-19-9(3)4)17-7-13-6-14-17/h6-9H,5H2,1-4H3,(H2,12,15)/b16-11-. The van der Waals surface area contributed by atoms with E-state index < -0.39 is 0 Å². The average Bonchev–Trinajstić information content (AvgIpc) is 2.82. The summed E-state index contributed by atoms with van der Waals surface area (Å²) < 4.78 is 1.36. The fraction of sp³-hybridized carbons (Fsp3) is 0.636. The average molecular weight is 268 g/mol. The lowest BCUT2D eigenvalue weighted by atomic mass is 10.2. The van der Waals surface area contributed by atoms with Gasteiger partial charge in [0.1, 0.15) is 25.4 Å². The van der Waals surface area contributed by atoms with Gasteiger partial charge in [0, 0.05) is 0 Å². The van der Waals surface area contributed by atoms with Crippen LogP contribution in [0.1, 0.15) is 27.7 Å². The quantitative estimate of drug-likeness (QED) is 0.484. The topological polar surface area (TPSA) is 99.9 Å². The Bertz CT molecular complexity index is 424. The summed E-state index contributed by atoms with van der Waals surface area (Å²) in [6.07, 6.45) is 2.74. The van der Waals surface area contributed by atoms with Gasteiger partial charge in [-0.2, -0.15) is 9.78 Å². The van der Waals surface area contributed by atoms with E-state index in [1.807, 2.05) is 27.7 Å². The second kappa shape index (κ2) is 7.34. The van der Waals surface area contributed by atoms with Gasteiger partial charge in [0.15, 0.2) is 0 Å². The van der Waals surface area contributed by atoms with Crippen molar-refractivity contribution >= 4 is 11.7 Å². The van der Waals surface area contributed by atoms with Gasteiger partial charge in [-0.3, -0.25) is 0 Å². The molecule has 1 rings (SSSR count). The van der Waals surface area contributed by atoms with Crippen molar-refractivity contribution in [2.45, 2.75) is 33.8 Å². The number of nitrogens with two attached hydrogens (primary N) is 1. The van der Waals surface area contributed by atoms with E-state index in [9.17, 15) is 0 Å². The molecule has 0 atom stereocenters. The van der Waals surface area contributed by atoms with Crippen molar-refractivity contribution in [1.29, 1.82) is 0 Å². The number of rotatable bonds is 5. The second-order valence-electron chi connectivity index (χ2n) is 4.58. The number of aromatic nitrogens is 3. The Morgan fingerprint density at radius 1 is 1.32 bits per heavy atom. The molecule has 1 heterocycles. The first-order valence-corrected chi connectivity index (χ1v) is 6.05. The summed E-state index contributed by atoms with van der Waals surface area (Å²) in [6.45, 7) is 8.20. The van der Waals surface area contributed by atoms with E-state index >= 15 is 0 Å². The molecule has 0 unspecified atom stereocenters. The van der Waals surface area contributed by atoms with Gasteiger partial charge in [-0.25, -0.2) is 4.98 Å². The highest BCUT2D eigenvalue weighted by molar-refractivity contribution is 6.39. The van der Waals surface area contributed by atoms with E-state index in [1.165, 1.54) is 17.3 Å². The number of nitrogens with zero attached hydrogens (tertiary/aromatic N) is 5. The van der Waals surface area contributed by atoms with Crippen LogP contribution in [0.15, 0.2) is 23.0 Å². The van der Waals surface area contributed by atoms with E-state index in [-0.39, 0.29) is 17.8 Å². The minimum Gasteiger partial charge on any atom is -0.394 e. The van der Waals surface area contributed by atoms with Gasteiger partial charge in [0.05, 0.1) is 0 Å². The van der Waals surface area contributed by atoms with E-state index in [0.29, 0.717) is 12.5 Å². The van der Waals surface area contributed by atoms with Crippen molar-refractivity contribution in [2.75, 3.05) is 6.61 Å². The van der Waals surface area contributed by atoms with Gasteiger partial charge in [-0.1, -0.05) is 24.2 Å². The van der Waals surface area contributed by atoms with Crippen LogP contribution >= 0.6 is 0 Å². The third-order valence-electron chi connectivity index (χ3n) is 1.79. The summed E-state index contributed by atoms with van der Waals surface area (Å²) in [6, 6.07) is 0. The van der Waals surface area contributed by atoms with Crippen LogP contribution in [0.5, 0.6) is 0 Å². The van der Waals surface area contributed by atoms with E-state index in [0.717, 1.165) is 0 Å². The normalized spacial score (nSPS) is 13.2. The van der Waals surface area contributed by atoms with Crippen molar-refractivity contribution in [2.24, 2.45) is 22.0 Å². The molecular weight excluding hydrogens is 248 g/mol. The molecule has 2 N–H and O–H groups in total. The van der Waals surface area contributed by atoms with Crippen molar-refractivity contribution in [3.8, 4) is 0 Å². The Labute approximate surface area is 112 Å². The van der Waals surface area contributed by atoms with Crippen LogP contribution in [0.3, 0.4) is 0 Å². The van der Waals surface area contributed by atoms with Gasteiger partial charge in [-0.05, 0) is 19.8 Å². The maximum absolute atomic E-state index is 5.81. The Morgan fingerprint density at radius 2 is 2.05 bits per heavy atom. The fourth-order valence-corrected chi connectivity index (χ4v) is 0.976. The van der Waals surface area contributed by atoms with E-state index in [4.69, 9.17) is 15.4 Å². The summed E-state index contributed by atoms with van der Waals surface area (Å²) in [5, 5.41) is 11.6. The molecule has 0 saturated heterocycles. The molecule has 0 amide bonds. The summed E-state index contributed by atoms with van der Waals surface area (Å²) in [5.41, 5.74) is 5.81. The second-order valence-corrected chi connectivity index (χ2v) is 4.58. The number of hydrogen-bond donors (Lipinski definition) is 1. The largest absolute Gasteiger partial charge is 0.394 e. The molecule has 106 valence electrons. The van der Waals surface area contributed by atoms with E-state index in [1.54, 1.807) is 0 Å². The first kappa shape index (κ1) is 14.9. The Balaban J connectivity index is 2.82. The molecule has 0 bridgehead atoms. The molecular formula is C11H20N6O2. The SMILES string of the molecule is CC(C)CO/N=C(N)\C(=N\OC(C)C)n1cncn1. The lowest BCUT2D eigenvalue weighted by Gasteiger charge is -2.08. The highest BCUT2D eigenvalue weighted by Crippen LogP contribution is 1.96. The zero-order valence-electron chi connectivity index (χ0n) is 11.6. The monoisotopic (exact) mass is 268 g/mol. The molecule has 0 fully saturated rings. The van der Waals surface area contributed by atoms with Crippen molar-refractivity contribution in [1.82, 2.24) is 14.8 Å². The summed E-state index contributed by atoms with van der Waals surface area (Å²) in [5.74, 6) is 0.664. The van der Waals surface area contributed by atoms with Crippen molar-refractivity contribution < 1.29 is 9.68 Å². The summed E-state index contributed by atoms with van der Waals surface area (Å²) in [7, 11) is 0. The van der Waals surface area contributed by atoms with Crippen LogP contribution in [0.25, 0.3) is 0 Å². The molecule has 0 spiro atoms. The number of amidine groups is 1. The smallest absolute Gasteiger partial charge is 0.240 e. The maximum atomic E-state index is 5.81. The van der Waals surface area contributed by atoms with Crippen LogP contribution in [-0.4, -0.2) is 39.1 Å². The Hall–Kier alpha value is -2.12. The molecule has 0 radical (unpaired) electrons. The highest BCUT2D eigenvalue weighted by atomic mass is 16.6. The first-order valence-electron chi connectivity index (χ1n) is 6.05. The molecule has 8 heteroatoms. The van der Waals surface area contributed by atoms with Crippen LogP contribution in [0.4, 0.5) is 0 Å². The molecule has 1 aromatic rings. The molecule has 0 aliphatic carbocycles. The minimum atomic E-state index is -0.0806. The molecule has 19 heavy (non-hydrogen) atoms. The molecule has 8 nitrogen and oxygen atoms in total. The van der Waals surface area contributed by atoms with Crippen LogP contribution < -0.4 is 5.73 Å². The van der Waals surface area contributed by atoms with Gasteiger partial charge < -0.3 is 15.4 Å². The van der Waals surface area contributed by atoms with Crippen LogP contribution in [-0.2, 0) is 9.68 Å². The van der Waals surface area contributed by atoms with Gasteiger partial charge in [0.25, 0.3) is 0 Å². The van der Waals surface area contributed by atoms with Gasteiger partial charge in [-0.15, -0.1) is 0 Å². The van der Waals surface area contributed by atoms with Crippen molar-refractivity contribution in [3.63, 3.8) is 0 Å². The molecule has 0 aromatic carbocycles.